The molecule has 2 aliphatic rings. The van der Waals surface area contributed by atoms with Crippen LogP contribution in [0.2, 0.25) is 5.02 Å². The molecule has 1 unspecified atom stereocenters. The number of carbonyl (C=O) groups excluding carboxylic acids is 1. The van der Waals surface area contributed by atoms with Gasteiger partial charge in [-0.3, -0.25) is 4.79 Å². The predicted molar refractivity (Wildman–Crippen MR) is 86.1 cm³/mol. The lowest BCUT2D eigenvalue weighted by molar-refractivity contribution is 0.0857. The second kappa shape index (κ2) is 6.76. The minimum atomic E-state index is -3.70. The lowest BCUT2D eigenvalue weighted by atomic mass is 10.2. The third-order valence-electron chi connectivity index (χ3n) is 3.90. The van der Waals surface area contributed by atoms with Gasteiger partial charge in [0.1, 0.15) is 4.90 Å². The lowest BCUT2D eigenvalue weighted by Gasteiger charge is -2.12. The monoisotopic (exact) mass is 358 g/mol. The molecular formula is C15H19ClN2O4S. The van der Waals surface area contributed by atoms with E-state index in [9.17, 15) is 13.2 Å². The molecule has 0 radical (unpaired) electrons. The molecular weight excluding hydrogens is 340 g/mol. The van der Waals surface area contributed by atoms with Crippen molar-refractivity contribution in [3.8, 4) is 0 Å². The first kappa shape index (κ1) is 16.7. The van der Waals surface area contributed by atoms with E-state index in [2.05, 4.69) is 10.0 Å². The van der Waals surface area contributed by atoms with Crippen LogP contribution >= 0.6 is 11.6 Å². The summed E-state index contributed by atoms with van der Waals surface area (Å²) in [5.74, 6) is -0.333. The van der Waals surface area contributed by atoms with E-state index < -0.39 is 10.0 Å². The molecule has 23 heavy (non-hydrogen) atoms. The number of carbonyl (C=O) groups is 1. The number of nitrogens with one attached hydrogen (secondary N) is 2. The van der Waals surface area contributed by atoms with Crippen LogP contribution in [-0.2, 0) is 14.8 Å². The summed E-state index contributed by atoms with van der Waals surface area (Å²) in [5.41, 5.74) is 0.267. The summed E-state index contributed by atoms with van der Waals surface area (Å²) < 4.78 is 32.6. The van der Waals surface area contributed by atoms with Crippen LogP contribution < -0.4 is 10.0 Å². The molecule has 0 bridgehead atoms. The molecule has 0 aromatic heterocycles. The van der Waals surface area contributed by atoms with Crippen molar-refractivity contribution in [3.63, 3.8) is 0 Å². The van der Waals surface area contributed by atoms with Gasteiger partial charge in [-0.25, -0.2) is 13.1 Å². The van der Waals surface area contributed by atoms with Gasteiger partial charge >= 0.3 is 0 Å². The number of benzene rings is 1. The highest BCUT2D eigenvalue weighted by molar-refractivity contribution is 7.89. The third kappa shape index (κ3) is 4.23. The van der Waals surface area contributed by atoms with Gasteiger partial charge in [0.15, 0.2) is 0 Å². The first-order valence-electron chi connectivity index (χ1n) is 7.67. The third-order valence-corrected chi connectivity index (χ3v) is 5.90. The molecule has 1 aliphatic heterocycles. The van der Waals surface area contributed by atoms with Gasteiger partial charge in [0, 0.05) is 24.8 Å². The molecule has 1 heterocycles. The maximum absolute atomic E-state index is 12.3. The zero-order chi connectivity index (χ0) is 16.4. The van der Waals surface area contributed by atoms with Crippen LogP contribution in [0.25, 0.3) is 0 Å². The van der Waals surface area contributed by atoms with Crippen molar-refractivity contribution in [1.29, 1.82) is 0 Å². The summed E-state index contributed by atoms with van der Waals surface area (Å²) >= 11 is 6.00. The summed E-state index contributed by atoms with van der Waals surface area (Å²) in [5, 5.41) is 2.88. The van der Waals surface area contributed by atoms with Crippen LogP contribution in [0.15, 0.2) is 23.1 Å². The van der Waals surface area contributed by atoms with E-state index in [1.807, 2.05) is 0 Å². The van der Waals surface area contributed by atoms with Crippen molar-refractivity contribution in [2.45, 2.75) is 42.7 Å². The van der Waals surface area contributed by atoms with Crippen molar-refractivity contribution >= 4 is 27.5 Å². The van der Waals surface area contributed by atoms with Crippen LogP contribution in [0.5, 0.6) is 0 Å². The number of hydrogen-bond donors (Lipinski definition) is 2. The second-order valence-corrected chi connectivity index (χ2v) is 7.98. The molecule has 3 rings (SSSR count). The molecule has 1 aromatic carbocycles. The topological polar surface area (TPSA) is 84.5 Å². The second-order valence-electron chi connectivity index (χ2n) is 5.89. The lowest BCUT2D eigenvalue weighted by Crippen LogP contribution is -2.32. The first-order chi connectivity index (χ1) is 11.0. The fraction of sp³-hybridized carbons (Fsp3) is 0.533. The van der Waals surface area contributed by atoms with E-state index in [1.54, 1.807) is 0 Å². The Balaban J connectivity index is 1.72. The van der Waals surface area contributed by atoms with Gasteiger partial charge in [-0.15, -0.1) is 0 Å². The minimum absolute atomic E-state index is 0.0203. The Hall–Kier alpha value is -1.15. The van der Waals surface area contributed by atoms with E-state index in [0.29, 0.717) is 6.54 Å². The fourth-order valence-electron chi connectivity index (χ4n) is 2.45. The van der Waals surface area contributed by atoms with Crippen molar-refractivity contribution < 1.29 is 17.9 Å². The summed E-state index contributed by atoms with van der Waals surface area (Å²) in [4.78, 5) is 12.1. The SMILES string of the molecule is O=C(NCC1CCCO1)c1ccc(Cl)c(S(=O)(=O)NC2CC2)c1. The molecule has 8 heteroatoms. The normalized spacial score (nSPS) is 21.3. The van der Waals surface area contributed by atoms with Crippen LogP contribution in [0.4, 0.5) is 0 Å². The molecule has 2 N–H and O–H groups in total. The van der Waals surface area contributed by atoms with Gasteiger partial charge < -0.3 is 10.1 Å². The van der Waals surface area contributed by atoms with Crippen LogP contribution in [0.3, 0.4) is 0 Å². The Morgan fingerprint density at radius 1 is 1.30 bits per heavy atom. The summed E-state index contributed by atoms with van der Waals surface area (Å²) in [6, 6.07) is 4.25. The largest absolute Gasteiger partial charge is 0.376 e. The van der Waals surface area contributed by atoms with Gasteiger partial charge in [-0.1, -0.05) is 11.6 Å². The van der Waals surface area contributed by atoms with E-state index in [1.165, 1.54) is 18.2 Å². The van der Waals surface area contributed by atoms with Crippen LogP contribution in [-0.4, -0.2) is 39.6 Å². The maximum atomic E-state index is 12.3. The zero-order valence-corrected chi connectivity index (χ0v) is 14.1. The average Bonchev–Trinajstić information content (AvgIpc) is 3.15. The number of rotatable bonds is 6. The van der Waals surface area contributed by atoms with E-state index >= 15 is 0 Å². The maximum Gasteiger partial charge on any atom is 0.251 e. The van der Waals surface area contributed by atoms with Crippen molar-refractivity contribution in [3.05, 3.63) is 28.8 Å². The molecule has 126 valence electrons. The number of sulfonamides is 1. The van der Waals surface area contributed by atoms with Gasteiger partial charge in [0.25, 0.3) is 5.91 Å². The van der Waals surface area contributed by atoms with Crippen LogP contribution in [0.1, 0.15) is 36.0 Å². The standard InChI is InChI=1S/C15H19ClN2O4S/c16-13-6-3-10(15(19)17-9-12-2-1-7-22-12)8-14(13)23(20,21)18-11-4-5-11/h3,6,8,11-12,18H,1-2,4-5,7,9H2,(H,17,19). The Morgan fingerprint density at radius 3 is 2.74 bits per heavy atom. The Bertz CT molecular complexity index is 697. The Labute approximate surface area is 140 Å². The quantitative estimate of drug-likeness (QED) is 0.810. The molecule has 2 fully saturated rings. The number of ether oxygens (including phenoxy) is 1. The highest BCUT2D eigenvalue weighted by Crippen LogP contribution is 2.26. The molecule has 1 amide bonds. The predicted octanol–water partition coefficient (Wildman–Crippen LogP) is 1.69. The summed E-state index contributed by atoms with van der Waals surface area (Å²) in [6.45, 7) is 1.14. The van der Waals surface area contributed by atoms with Crippen molar-refractivity contribution in [1.82, 2.24) is 10.0 Å². The van der Waals surface area contributed by atoms with Crippen molar-refractivity contribution in [2.75, 3.05) is 13.2 Å². The average molecular weight is 359 g/mol. The highest BCUT2D eigenvalue weighted by atomic mass is 35.5. The smallest absolute Gasteiger partial charge is 0.251 e. The van der Waals surface area contributed by atoms with Crippen molar-refractivity contribution in [2.24, 2.45) is 0 Å². The van der Waals surface area contributed by atoms with E-state index in [4.69, 9.17) is 16.3 Å². The minimum Gasteiger partial charge on any atom is -0.376 e. The highest BCUT2D eigenvalue weighted by Gasteiger charge is 2.29. The molecule has 1 aromatic rings. The number of halogens is 1. The summed E-state index contributed by atoms with van der Waals surface area (Å²) in [6.07, 6.45) is 3.62. The Kier molecular flexibility index (Phi) is 4.91. The number of hydrogen-bond acceptors (Lipinski definition) is 4. The summed E-state index contributed by atoms with van der Waals surface area (Å²) in [7, 11) is -3.70. The van der Waals surface area contributed by atoms with Gasteiger partial charge in [0.05, 0.1) is 11.1 Å². The van der Waals surface area contributed by atoms with Gasteiger partial charge in [-0.05, 0) is 43.9 Å². The Morgan fingerprint density at radius 2 is 2.09 bits per heavy atom. The molecule has 1 saturated carbocycles. The van der Waals surface area contributed by atoms with Crippen LogP contribution in [0, 0.1) is 0 Å². The molecule has 6 nitrogen and oxygen atoms in total. The molecule has 1 atom stereocenters. The molecule has 1 saturated heterocycles. The molecule has 0 spiro atoms. The van der Waals surface area contributed by atoms with Gasteiger partial charge in [0.2, 0.25) is 10.0 Å². The van der Waals surface area contributed by atoms with E-state index in [-0.39, 0.29) is 33.5 Å². The fourth-order valence-corrected chi connectivity index (χ4v) is 4.28. The van der Waals surface area contributed by atoms with Gasteiger partial charge in [-0.2, -0.15) is 0 Å². The molecule has 1 aliphatic carbocycles. The number of amides is 1. The first-order valence-corrected chi connectivity index (χ1v) is 9.53. The van der Waals surface area contributed by atoms with E-state index in [0.717, 1.165) is 32.3 Å². The zero-order valence-electron chi connectivity index (χ0n) is 12.5.